The van der Waals surface area contributed by atoms with Gasteiger partial charge in [0.1, 0.15) is 11.3 Å². The predicted molar refractivity (Wildman–Crippen MR) is 114 cm³/mol. The van der Waals surface area contributed by atoms with E-state index >= 15 is 0 Å². The second kappa shape index (κ2) is 5.79. The zero-order chi connectivity index (χ0) is 18.5. The second-order valence-corrected chi connectivity index (χ2v) is 6.91. The van der Waals surface area contributed by atoms with Crippen molar-refractivity contribution >= 4 is 33.0 Å². The zero-order valence-corrected chi connectivity index (χ0v) is 15.0. The molecule has 4 aromatic heterocycles. The van der Waals surface area contributed by atoms with E-state index in [4.69, 9.17) is 4.98 Å². The van der Waals surface area contributed by atoms with Crippen LogP contribution in [0, 0.1) is 0 Å². The largest absolute Gasteiger partial charge is 0.339 e. The highest BCUT2D eigenvalue weighted by Gasteiger charge is 2.12. The number of hydrogen-bond donors (Lipinski definition) is 1. The first-order valence-corrected chi connectivity index (χ1v) is 9.27. The molecule has 0 saturated carbocycles. The van der Waals surface area contributed by atoms with Crippen LogP contribution in [-0.2, 0) is 0 Å². The van der Waals surface area contributed by atoms with Crippen molar-refractivity contribution < 1.29 is 0 Å². The van der Waals surface area contributed by atoms with Crippen LogP contribution in [0.1, 0.15) is 0 Å². The Bertz CT molecular complexity index is 1440. The molecule has 132 valence electrons. The Morgan fingerprint density at radius 3 is 2.36 bits per heavy atom. The highest BCUT2D eigenvalue weighted by Crippen LogP contribution is 2.31. The summed E-state index contributed by atoms with van der Waals surface area (Å²) < 4.78 is 2.13. The molecule has 2 aromatic carbocycles. The fraction of sp³-hybridized carbons (Fsp3) is 0. The van der Waals surface area contributed by atoms with Crippen molar-refractivity contribution in [3.8, 4) is 16.8 Å². The van der Waals surface area contributed by atoms with Crippen LogP contribution in [0.25, 0.3) is 49.8 Å². The average Bonchev–Trinajstić information content (AvgIpc) is 3.36. The van der Waals surface area contributed by atoms with Crippen LogP contribution < -0.4 is 0 Å². The molecule has 0 unspecified atom stereocenters. The molecule has 6 aromatic rings. The summed E-state index contributed by atoms with van der Waals surface area (Å²) in [6.45, 7) is 0. The molecule has 4 heterocycles. The van der Waals surface area contributed by atoms with Gasteiger partial charge in [-0.3, -0.25) is 0 Å². The van der Waals surface area contributed by atoms with Crippen molar-refractivity contribution in [2.24, 2.45) is 0 Å². The van der Waals surface area contributed by atoms with E-state index in [9.17, 15) is 0 Å². The SMILES string of the molecule is c1ccc(-c2ccc(-n3ccc4c5[nH]c6ncccc6c5cnc43)cc2)cc1. The number of rotatable bonds is 2. The Morgan fingerprint density at radius 1 is 0.679 bits per heavy atom. The fourth-order valence-electron chi connectivity index (χ4n) is 3.92. The molecule has 0 aliphatic rings. The molecule has 0 bridgehead atoms. The number of benzene rings is 2. The van der Waals surface area contributed by atoms with Gasteiger partial charge in [0.05, 0.1) is 5.52 Å². The van der Waals surface area contributed by atoms with Gasteiger partial charge in [0.25, 0.3) is 0 Å². The van der Waals surface area contributed by atoms with Crippen LogP contribution >= 0.6 is 0 Å². The first-order chi connectivity index (χ1) is 13.9. The van der Waals surface area contributed by atoms with Gasteiger partial charge in [-0.05, 0) is 41.5 Å². The highest BCUT2D eigenvalue weighted by molar-refractivity contribution is 6.14. The van der Waals surface area contributed by atoms with Gasteiger partial charge in [-0.25, -0.2) is 9.97 Å². The number of pyridine rings is 2. The fourth-order valence-corrected chi connectivity index (χ4v) is 3.92. The van der Waals surface area contributed by atoms with Crippen molar-refractivity contribution in [3.05, 3.63) is 91.4 Å². The first-order valence-electron chi connectivity index (χ1n) is 9.27. The number of hydrogen-bond acceptors (Lipinski definition) is 2. The molecule has 1 N–H and O–H groups in total. The van der Waals surface area contributed by atoms with Crippen LogP contribution in [0.5, 0.6) is 0 Å². The van der Waals surface area contributed by atoms with Gasteiger partial charge >= 0.3 is 0 Å². The Balaban J connectivity index is 1.50. The monoisotopic (exact) mass is 360 g/mol. The van der Waals surface area contributed by atoms with Crippen molar-refractivity contribution in [1.29, 1.82) is 0 Å². The van der Waals surface area contributed by atoms with E-state index in [-0.39, 0.29) is 0 Å². The summed E-state index contributed by atoms with van der Waals surface area (Å²) in [5.74, 6) is 0. The zero-order valence-electron chi connectivity index (χ0n) is 15.0. The lowest BCUT2D eigenvalue weighted by Gasteiger charge is -2.07. The Kier molecular flexibility index (Phi) is 3.14. The van der Waals surface area contributed by atoms with Gasteiger partial charge in [-0.2, -0.15) is 0 Å². The van der Waals surface area contributed by atoms with E-state index in [0.717, 1.165) is 38.7 Å². The van der Waals surface area contributed by atoms with E-state index in [2.05, 4.69) is 81.4 Å². The molecule has 0 aliphatic carbocycles. The summed E-state index contributed by atoms with van der Waals surface area (Å²) in [7, 11) is 0. The molecule has 4 nitrogen and oxygen atoms in total. The molecular weight excluding hydrogens is 344 g/mol. The van der Waals surface area contributed by atoms with E-state index < -0.39 is 0 Å². The minimum Gasteiger partial charge on any atom is -0.339 e. The Morgan fingerprint density at radius 2 is 1.50 bits per heavy atom. The molecule has 0 atom stereocenters. The summed E-state index contributed by atoms with van der Waals surface area (Å²) in [6, 6.07) is 25.2. The van der Waals surface area contributed by atoms with E-state index in [1.165, 1.54) is 11.1 Å². The van der Waals surface area contributed by atoms with Crippen LogP contribution in [0.15, 0.2) is 91.4 Å². The van der Waals surface area contributed by atoms with Crippen molar-refractivity contribution in [2.45, 2.75) is 0 Å². The Hall–Kier alpha value is -3.92. The molecule has 0 amide bonds. The number of nitrogens with one attached hydrogen (secondary N) is 1. The molecular formula is C24H16N4. The first kappa shape index (κ1) is 15.2. The van der Waals surface area contributed by atoms with Crippen molar-refractivity contribution in [1.82, 2.24) is 19.5 Å². The number of nitrogens with zero attached hydrogens (tertiary/aromatic N) is 3. The molecule has 0 radical (unpaired) electrons. The number of fused-ring (bicyclic) bond motifs is 5. The lowest BCUT2D eigenvalue weighted by atomic mass is 10.1. The summed E-state index contributed by atoms with van der Waals surface area (Å²) in [6.07, 6.45) is 5.82. The normalized spacial score (nSPS) is 11.6. The van der Waals surface area contributed by atoms with Gasteiger partial charge < -0.3 is 9.55 Å². The quantitative estimate of drug-likeness (QED) is 0.429. The second-order valence-electron chi connectivity index (χ2n) is 6.91. The van der Waals surface area contributed by atoms with E-state index in [0.29, 0.717) is 0 Å². The predicted octanol–water partition coefficient (Wildman–Crippen LogP) is 5.72. The van der Waals surface area contributed by atoms with E-state index in [1.807, 2.05) is 24.5 Å². The van der Waals surface area contributed by atoms with Crippen LogP contribution in [0.2, 0.25) is 0 Å². The van der Waals surface area contributed by atoms with Gasteiger partial charge in [-0.15, -0.1) is 0 Å². The van der Waals surface area contributed by atoms with Crippen molar-refractivity contribution in [3.63, 3.8) is 0 Å². The standard InChI is InChI=1S/C24H16N4/c1-2-5-16(6-3-1)17-8-10-18(11-9-17)28-14-12-20-22-21(15-26-24(20)28)19-7-4-13-25-23(19)27-22/h1-15H,(H,25,27). The summed E-state index contributed by atoms with van der Waals surface area (Å²) in [5, 5.41) is 3.31. The van der Waals surface area contributed by atoms with E-state index in [1.54, 1.807) is 0 Å². The minimum absolute atomic E-state index is 0.895. The van der Waals surface area contributed by atoms with Crippen molar-refractivity contribution in [2.75, 3.05) is 0 Å². The van der Waals surface area contributed by atoms with Crippen LogP contribution in [0.4, 0.5) is 0 Å². The van der Waals surface area contributed by atoms with Crippen LogP contribution in [0.3, 0.4) is 0 Å². The maximum atomic E-state index is 4.76. The summed E-state index contributed by atoms with van der Waals surface area (Å²) in [5.41, 5.74) is 6.43. The summed E-state index contributed by atoms with van der Waals surface area (Å²) in [4.78, 5) is 12.7. The topological polar surface area (TPSA) is 46.5 Å². The maximum Gasteiger partial charge on any atom is 0.146 e. The number of H-pyrrole nitrogens is 1. The number of aromatic nitrogens is 4. The van der Waals surface area contributed by atoms with Gasteiger partial charge in [0.2, 0.25) is 0 Å². The Labute approximate surface area is 161 Å². The molecule has 0 aliphatic heterocycles. The third kappa shape index (κ3) is 2.18. The number of aromatic amines is 1. The molecule has 28 heavy (non-hydrogen) atoms. The minimum atomic E-state index is 0.895. The summed E-state index contributed by atoms with van der Waals surface area (Å²) >= 11 is 0. The molecule has 4 heteroatoms. The molecule has 6 rings (SSSR count). The lowest BCUT2D eigenvalue weighted by Crippen LogP contribution is -1.93. The third-order valence-electron chi connectivity index (χ3n) is 5.31. The van der Waals surface area contributed by atoms with Crippen LogP contribution in [-0.4, -0.2) is 19.5 Å². The molecule has 0 fully saturated rings. The van der Waals surface area contributed by atoms with Gasteiger partial charge in [-0.1, -0.05) is 42.5 Å². The third-order valence-corrected chi connectivity index (χ3v) is 5.31. The average molecular weight is 360 g/mol. The molecule has 0 spiro atoms. The maximum absolute atomic E-state index is 4.76. The smallest absolute Gasteiger partial charge is 0.146 e. The van der Waals surface area contributed by atoms with Gasteiger partial charge in [0, 0.05) is 40.4 Å². The highest BCUT2D eigenvalue weighted by atomic mass is 15.0. The van der Waals surface area contributed by atoms with Gasteiger partial charge in [0.15, 0.2) is 0 Å². The molecule has 0 saturated heterocycles. The lowest BCUT2D eigenvalue weighted by molar-refractivity contribution is 1.10.